The molecule has 2 aromatic rings. The van der Waals surface area contributed by atoms with Crippen LogP contribution in [0, 0.1) is 0 Å². The molecule has 0 spiro atoms. The highest BCUT2D eigenvalue weighted by molar-refractivity contribution is 9.09. The summed E-state index contributed by atoms with van der Waals surface area (Å²) in [5.41, 5.74) is 1.90. The fourth-order valence-electron chi connectivity index (χ4n) is 2.27. The smallest absolute Gasteiger partial charge is 0.139 e. The number of para-hydroxylation sites is 1. The van der Waals surface area contributed by atoms with Crippen LogP contribution < -0.4 is 4.74 Å². The van der Waals surface area contributed by atoms with Crippen LogP contribution in [0.4, 0.5) is 0 Å². The number of hydrogen-bond acceptors (Lipinski definition) is 2. The van der Waals surface area contributed by atoms with Gasteiger partial charge in [-0.2, -0.15) is 0 Å². The molecule has 1 N–H and O–H groups in total. The van der Waals surface area contributed by atoms with Crippen LogP contribution in [0.5, 0.6) is 5.75 Å². The van der Waals surface area contributed by atoms with Crippen molar-refractivity contribution in [3.63, 3.8) is 0 Å². The maximum absolute atomic E-state index is 10.3. The first-order valence-corrected chi connectivity index (χ1v) is 6.81. The van der Waals surface area contributed by atoms with Crippen LogP contribution in [0.25, 0.3) is 0 Å². The van der Waals surface area contributed by atoms with Crippen molar-refractivity contribution in [3.05, 3.63) is 65.7 Å². The Morgan fingerprint density at radius 1 is 0.944 bits per heavy atom. The fourth-order valence-corrected chi connectivity index (χ4v) is 2.96. The van der Waals surface area contributed by atoms with Gasteiger partial charge in [0, 0.05) is 5.56 Å². The van der Waals surface area contributed by atoms with Crippen LogP contribution in [-0.4, -0.2) is 9.93 Å². The normalized spacial score (nSPS) is 26.2. The van der Waals surface area contributed by atoms with Crippen molar-refractivity contribution in [2.45, 2.75) is 17.0 Å². The van der Waals surface area contributed by atoms with Crippen LogP contribution >= 0.6 is 15.9 Å². The lowest BCUT2D eigenvalue weighted by Crippen LogP contribution is -2.30. The standard InChI is InChI=1S/C15H13BrO2/c16-13-14(17)11-8-4-5-9-12(11)18-15(13)10-6-2-1-3-7-10/h1-9,13-15,17H. The van der Waals surface area contributed by atoms with Crippen LogP contribution in [0.1, 0.15) is 23.3 Å². The van der Waals surface area contributed by atoms with E-state index in [0.717, 1.165) is 16.9 Å². The Kier molecular flexibility index (Phi) is 3.10. The molecule has 0 radical (unpaired) electrons. The molecule has 92 valence electrons. The van der Waals surface area contributed by atoms with Gasteiger partial charge >= 0.3 is 0 Å². The van der Waals surface area contributed by atoms with E-state index in [2.05, 4.69) is 15.9 Å². The summed E-state index contributed by atoms with van der Waals surface area (Å²) in [5.74, 6) is 0.759. The van der Waals surface area contributed by atoms with Crippen LogP contribution in [-0.2, 0) is 0 Å². The van der Waals surface area contributed by atoms with Gasteiger partial charge in [0.25, 0.3) is 0 Å². The van der Waals surface area contributed by atoms with Crippen molar-refractivity contribution in [3.8, 4) is 5.75 Å². The third-order valence-electron chi connectivity index (χ3n) is 3.21. The third-order valence-corrected chi connectivity index (χ3v) is 4.19. The second kappa shape index (κ2) is 4.75. The number of halogens is 1. The lowest BCUT2D eigenvalue weighted by atomic mass is 9.95. The Balaban J connectivity index is 2.01. The summed E-state index contributed by atoms with van der Waals surface area (Å²) in [6.07, 6.45) is -0.726. The third kappa shape index (κ3) is 1.93. The van der Waals surface area contributed by atoms with Crippen LogP contribution in [0.2, 0.25) is 0 Å². The number of alkyl halides is 1. The number of benzene rings is 2. The highest BCUT2D eigenvalue weighted by Crippen LogP contribution is 2.44. The van der Waals surface area contributed by atoms with Gasteiger partial charge in [-0.3, -0.25) is 0 Å². The molecule has 3 rings (SSSR count). The Hall–Kier alpha value is -1.32. The summed E-state index contributed by atoms with van der Waals surface area (Å²) in [6, 6.07) is 17.6. The second-order valence-corrected chi connectivity index (χ2v) is 5.43. The van der Waals surface area contributed by atoms with Gasteiger partial charge in [0.1, 0.15) is 11.9 Å². The minimum atomic E-state index is -0.555. The molecular weight excluding hydrogens is 292 g/mol. The summed E-state index contributed by atoms with van der Waals surface area (Å²) in [7, 11) is 0. The van der Waals surface area contributed by atoms with E-state index in [1.54, 1.807) is 0 Å². The van der Waals surface area contributed by atoms with E-state index in [1.807, 2.05) is 54.6 Å². The summed E-state index contributed by atoms with van der Waals surface area (Å²) in [5, 5.41) is 10.3. The molecule has 0 aromatic heterocycles. The zero-order valence-electron chi connectivity index (χ0n) is 9.66. The van der Waals surface area contributed by atoms with Gasteiger partial charge in [-0.1, -0.05) is 64.5 Å². The van der Waals surface area contributed by atoms with Crippen molar-refractivity contribution >= 4 is 15.9 Å². The van der Waals surface area contributed by atoms with Gasteiger partial charge in [-0.25, -0.2) is 0 Å². The molecule has 1 aliphatic heterocycles. The summed E-state index contributed by atoms with van der Waals surface area (Å²) < 4.78 is 5.99. The van der Waals surface area contributed by atoms with Gasteiger partial charge in [0.2, 0.25) is 0 Å². The highest BCUT2D eigenvalue weighted by Gasteiger charge is 2.36. The molecule has 2 aromatic carbocycles. The van der Waals surface area contributed by atoms with Gasteiger partial charge in [0.15, 0.2) is 0 Å². The Morgan fingerprint density at radius 3 is 2.39 bits per heavy atom. The Labute approximate surface area is 114 Å². The molecule has 1 aliphatic rings. The largest absolute Gasteiger partial charge is 0.484 e. The van der Waals surface area contributed by atoms with E-state index in [1.165, 1.54) is 0 Å². The van der Waals surface area contributed by atoms with Crippen molar-refractivity contribution < 1.29 is 9.84 Å². The van der Waals surface area contributed by atoms with Crippen LogP contribution in [0.3, 0.4) is 0 Å². The van der Waals surface area contributed by atoms with Crippen molar-refractivity contribution in [2.24, 2.45) is 0 Å². The van der Waals surface area contributed by atoms with Crippen molar-refractivity contribution in [1.82, 2.24) is 0 Å². The van der Waals surface area contributed by atoms with E-state index >= 15 is 0 Å². The summed E-state index contributed by atoms with van der Waals surface area (Å²) >= 11 is 3.55. The number of hydrogen-bond donors (Lipinski definition) is 1. The molecule has 1 heterocycles. The Bertz CT molecular complexity index is 541. The Morgan fingerprint density at radius 2 is 1.61 bits per heavy atom. The number of fused-ring (bicyclic) bond motifs is 1. The van der Waals surface area contributed by atoms with Gasteiger partial charge in [-0.15, -0.1) is 0 Å². The number of aliphatic hydroxyl groups excluding tert-OH is 1. The molecule has 2 nitrogen and oxygen atoms in total. The van der Waals surface area contributed by atoms with Gasteiger partial charge in [-0.05, 0) is 11.6 Å². The molecule has 0 amide bonds. The first-order valence-electron chi connectivity index (χ1n) is 5.90. The topological polar surface area (TPSA) is 29.5 Å². The minimum absolute atomic E-state index is 0.144. The molecule has 0 aliphatic carbocycles. The van der Waals surface area contributed by atoms with Gasteiger partial charge < -0.3 is 9.84 Å². The zero-order chi connectivity index (χ0) is 12.5. The molecule has 18 heavy (non-hydrogen) atoms. The minimum Gasteiger partial charge on any atom is -0.484 e. The predicted molar refractivity (Wildman–Crippen MR) is 73.9 cm³/mol. The quantitative estimate of drug-likeness (QED) is 0.816. The van der Waals surface area contributed by atoms with E-state index in [0.29, 0.717) is 0 Å². The first-order chi connectivity index (χ1) is 8.77. The molecule has 3 atom stereocenters. The fraction of sp³-hybridized carbons (Fsp3) is 0.200. The SMILES string of the molecule is OC1c2ccccc2OC(c2ccccc2)C1Br. The molecule has 0 bridgehead atoms. The highest BCUT2D eigenvalue weighted by atomic mass is 79.9. The molecule has 0 saturated heterocycles. The van der Waals surface area contributed by atoms with E-state index < -0.39 is 6.10 Å². The first kappa shape index (κ1) is 11.8. The molecule has 0 fully saturated rings. The molecule has 0 saturated carbocycles. The molecular formula is C15H13BrO2. The van der Waals surface area contributed by atoms with E-state index in [-0.39, 0.29) is 10.9 Å². The molecule has 3 heteroatoms. The summed E-state index contributed by atoms with van der Waals surface area (Å²) in [6.45, 7) is 0. The molecule has 3 unspecified atom stereocenters. The number of aliphatic hydroxyl groups is 1. The lowest BCUT2D eigenvalue weighted by molar-refractivity contribution is 0.0767. The monoisotopic (exact) mass is 304 g/mol. The van der Waals surface area contributed by atoms with Gasteiger partial charge in [0.05, 0.1) is 10.9 Å². The van der Waals surface area contributed by atoms with E-state index in [4.69, 9.17) is 4.74 Å². The predicted octanol–water partition coefficient (Wildman–Crippen LogP) is 3.62. The van der Waals surface area contributed by atoms with Crippen molar-refractivity contribution in [1.29, 1.82) is 0 Å². The number of ether oxygens (including phenoxy) is 1. The maximum Gasteiger partial charge on any atom is 0.139 e. The second-order valence-electron chi connectivity index (χ2n) is 4.38. The van der Waals surface area contributed by atoms with Crippen LogP contribution in [0.15, 0.2) is 54.6 Å². The summed E-state index contributed by atoms with van der Waals surface area (Å²) in [4.78, 5) is -0.144. The van der Waals surface area contributed by atoms with Crippen molar-refractivity contribution in [2.75, 3.05) is 0 Å². The van der Waals surface area contributed by atoms with E-state index in [9.17, 15) is 5.11 Å². The number of rotatable bonds is 1. The average molecular weight is 305 g/mol. The lowest BCUT2D eigenvalue weighted by Gasteiger charge is -2.34. The average Bonchev–Trinajstić information content (AvgIpc) is 2.44. The maximum atomic E-state index is 10.3. The zero-order valence-corrected chi connectivity index (χ0v) is 11.2.